The molecule has 4 N–H and O–H groups in total. The summed E-state index contributed by atoms with van der Waals surface area (Å²) >= 11 is 0. The lowest BCUT2D eigenvalue weighted by Gasteiger charge is -2.22. The van der Waals surface area contributed by atoms with Crippen LogP contribution in [-0.4, -0.2) is 25.2 Å². The van der Waals surface area contributed by atoms with Crippen LogP contribution in [0.4, 0.5) is 5.69 Å². The van der Waals surface area contributed by atoms with E-state index in [9.17, 15) is 8.42 Å². The Morgan fingerprint density at radius 3 is 2.62 bits per heavy atom. The fourth-order valence-corrected chi connectivity index (χ4v) is 4.27. The van der Waals surface area contributed by atoms with E-state index in [-0.39, 0.29) is 17.5 Å². The second-order valence-corrected chi connectivity index (χ2v) is 7.19. The summed E-state index contributed by atoms with van der Waals surface area (Å²) in [6.07, 6.45) is 5.31. The molecule has 0 aliphatic heterocycles. The molecule has 0 heterocycles. The van der Waals surface area contributed by atoms with Gasteiger partial charge in [-0.3, -0.25) is 4.72 Å². The minimum Gasteiger partial charge on any atom is -0.409 e. The Hall–Kier alpha value is -1.76. The molecule has 1 aliphatic rings. The fourth-order valence-electron chi connectivity index (χ4n) is 2.72. The number of hydrogen-bond acceptors (Lipinski definition) is 4. The summed E-state index contributed by atoms with van der Waals surface area (Å²) < 4.78 is 27.1. The molecular formula is C14H21N3O3S. The maximum atomic E-state index is 12.3. The van der Waals surface area contributed by atoms with E-state index in [1.54, 1.807) is 24.3 Å². The van der Waals surface area contributed by atoms with Gasteiger partial charge in [-0.2, -0.15) is 0 Å². The van der Waals surface area contributed by atoms with E-state index in [1.165, 1.54) is 6.42 Å². The van der Waals surface area contributed by atoms with Crippen LogP contribution in [0.2, 0.25) is 0 Å². The number of sulfonamides is 1. The first-order chi connectivity index (χ1) is 10.0. The van der Waals surface area contributed by atoms with E-state index in [2.05, 4.69) is 9.88 Å². The van der Waals surface area contributed by atoms with E-state index in [1.807, 2.05) is 0 Å². The lowest BCUT2D eigenvalue weighted by atomic mass is 9.91. The molecule has 0 aromatic heterocycles. The van der Waals surface area contributed by atoms with E-state index >= 15 is 0 Å². The summed E-state index contributed by atoms with van der Waals surface area (Å²) in [5.41, 5.74) is 6.27. The highest BCUT2D eigenvalue weighted by Gasteiger charge is 2.22. The maximum absolute atomic E-state index is 12.3. The van der Waals surface area contributed by atoms with Crippen LogP contribution in [-0.2, 0) is 10.0 Å². The Kier molecular flexibility index (Phi) is 5.06. The van der Waals surface area contributed by atoms with Crippen molar-refractivity contribution in [3.63, 3.8) is 0 Å². The lowest BCUT2D eigenvalue weighted by Crippen LogP contribution is -2.25. The second-order valence-electron chi connectivity index (χ2n) is 5.42. The molecule has 21 heavy (non-hydrogen) atoms. The first kappa shape index (κ1) is 15.6. The zero-order valence-electron chi connectivity index (χ0n) is 11.8. The molecule has 116 valence electrons. The third kappa shape index (κ3) is 4.35. The molecule has 0 saturated heterocycles. The van der Waals surface area contributed by atoms with Gasteiger partial charge in [0.2, 0.25) is 10.0 Å². The number of para-hydroxylation sites is 1. The first-order valence-electron chi connectivity index (χ1n) is 7.09. The van der Waals surface area contributed by atoms with E-state index in [4.69, 9.17) is 10.9 Å². The standard InChI is InChI=1S/C14H21N3O3S/c15-14(16-18)12-8-4-5-9-13(12)17-21(19,20)10-11-6-2-1-3-7-11/h4-5,8-9,11,17-18H,1-3,6-7,10H2,(H2,15,16). The van der Waals surface area contributed by atoms with Crippen LogP contribution in [0.3, 0.4) is 0 Å². The highest BCUT2D eigenvalue weighted by Crippen LogP contribution is 2.26. The summed E-state index contributed by atoms with van der Waals surface area (Å²) in [6.45, 7) is 0. The summed E-state index contributed by atoms with van der Waals surface area (Å²) in [5, 5.41) is 11.7. The van der Waals surface area contributed by atoms with Gasteiger partial charge >= 0.3 is 0 Å². The minimum absolute atomic E-state index is 0.119. The zero-order chi connectivity index (χ0) is 15.3. The molecule has 1 fully saturated rings. The summed E-state index contributed by atoms with van der Waals surface area (Å²) in [5.74, 6) is 0.218. The highest BCUT2D eigenvalue weighted by molar-refractivity contribution is 7.92. The van der Waals surface area contributed by atoms with Crippen molar-refractivity contribution < 1.29 is 13.6 Å². The van der Waals surface area contributed by atoms with Gasteiger partial charge < -0.3 is 10.9 Å². The van der Waals surface area contributed by atoms with Crippen LogP contribution in [0, 0.1) is 5.92 Å². The van der Waals surface area contributed by atoms with Gasteiger partial charge in [-0.25, -0.2) is 8.42 Å². The highest BCUT2D eigenvalue weighted by atomic mass is 32.2. The van der Waals surface area contributed by atoms with Gasteiger partial charge in [-0.05, 0) is 30.9 Å². The Labute approximate surface area is 125 Å². The number of hydrogen-bond donors (Lipinski definition) is 3. The average Bonchev–Trinajstić information content (AvgIpc) is 2.47. The molecular weight excluding hydrogens is 290 g/mol. The van der Waals surface area contributed by atoms with Gasteiger partial charge in [0.1, 0.15) is 0 Å². The predicted octanol–water partition coefficient (Wildman–Crippen LogP) is 2.10. The number of anilines is 1. The van der Waals surface area contributed by atoms with Crippen molar-refractivity contribution >= 4 is 21.5 Å². The lowest BCUT2D eigenvalue weighted by molar-refractivity contribution is 0.318. The monoisotopic (exact) mass is 311 g/mol. The van der Waals surface area contributed by atoms with Crippen LogP contribution in [0.5, 0.6) is 0 Å². The SMILES string of the molecule is NC(=NO)c1ccccc1NS(=O)(=O)CC1CCCCC1. The van der Waals surface area contributed by atoms with Crippen molar-refractivity contribution in [1.82, 2.24) is 0 Å². The Morgan fingerprint density at radius 1 is 1.29 bits per heavy atom. The van der Waals surface area contributed by atoms with Crippen LogP contribution in [0.15, 0.2) is 29.4 Å². The Bertz CT molecular complexity index is 608. The number of rotatable bonds is 5. The fraction of sp³-hybridized carbons (Fsp3) is 0.500. The molecule has 0 unspecified atom stereocenters. The quantitative estimate of drug-likeness (QED) is 0.335. The predicted molar refractivity (Wildman–Crippen MR) is 82.9 cm³/mol. The van der Waals surface area contributed by atoms with Crippen molar-refractivity contribution in [2.75, 3.05) is 10.5 Å². The molecule has 0 atom stereocenters. The zero-order valence-corrected chi connectivity index (χ0v) is 12.6. The maximum Gasteiger partial charge on any atom is 0.233 e. The molecule has 7 heteroatoms. The molecule has 1 aromatic rings. The number of benzene rings is 1. The smallest absolute Gasteiger partial charge is 0.233 e. The third-order valence-electron chi connectivity index (χ3n) is 3.76. The van der Waals surface area contributed by atoms with Gasteiger partial charge in [0, 0.05) is 5.56 Å². The molecule has 1 saturated carbocycles. The molecule has 2 rings (SSSR count). The van der Waals surface area contributed by atoms with Crippen LogP contribution in [0.1, 0.15) is 37.7 Å². The van der Waals surface area contributed by atoms with Crippen molar-refractivity contribution in [2.45, 2.75) is 32.1 Å². The van der Waals surface area contributed by atoms with Gasteiger partial charge in [-0.1, -0.05) is 36.6 Å². The van der Waals surface area contributed by atoms with Gasteiger partial charge in [0.15, 0.2) is 5.84 Å². The van der Waals surface area contributed by atoms with Crippen molar-refractivity contribution in [3.8, 4) is 0 Å². The Morgan fingerprint density at radius 2 is 1.95 bits per heavy atom. The van der Waals surface area contributed by atoms with Crippen molar-refractivity contribution in [3.05, 3.63) is 29.8 Å². The minimum atomic E-state index is -3.44. The molecule has 0 spiro atoms. The number of amidine groups is 1. The summed E-state index contributed by atoms with van der Waals surface area (Å²) in [7, 11) is -3.44. The van der Waals surface area contributed by atoms with E-state index < -0.39 is 10.0 Å². The van der Waals surface area contributed by atoms with E-state index in [0.717, 1.165) is 25.7 Å². The molecule has 1 aliphatic carbocycles. The normalized spacial score (nSPS) is 17.6. The Balaban J connectivity index is 2.13. The van der Waals surface area contributed by atoms with Crippen molar-refractivity contribution in [2.24, 2.45) is 16.8 Å². The third-order valence-corrected chi connectivity index (χ3v) is 5.20. The molecule has 0 bridgehead atoms. The van der Waals surface area contributed by atoms with Crippen LogP contribution < -0.4 is 10.5 Å². The summed E-state index contributed by atoms with van der Waals surface area (Å²) in [6, 6.07) is 6.61. The van der Waals surface area contributed by atoms with Crippen LogP contribution in [0.25, 0.3) is 0 Å². The number of nitrogens with two attached hydrogens (primary N) is 1. The number of nitrogens with one attached hydrogen (secondary N) is 1. The summed E-state index contributed by atoms with van der Waals surface area (Å²) in [4.78, 5) is 0. The topological polar surface area (TPSA) is 105 Å². The van der Waals surface area contributed by atoms with Gasteiger partial charge in [0.05, 0.1) is 11.4 Å². The number of oxime groups is 1. The molecule has 0 radical (unpaired) electrons. The largest absolute Gasteiger partial charge is 0.409 e. The molecule has 6 nitrogen and oxygen atoms in total. The second kappa shape index (κ2) is 6.80. The van der Waals surface area contributed by atoms with Crippen LogP contribution >= 0.6 is 0 Å². The van der Waals surface area contributed by atoms with Crippen molar-refractivity contribution in [1.29, 1.82) is 0 Å². The van der Waals surface area contributed by atoms with Gasteiger partial charge in [0.25, 0.3) is 0 Å². The average molecular weight is 311 g/mol. The number of nitrogens with zero attached hydrogens (tertiary/aromatic N) is 1. The van der Waals surface area contributed by atoms with Gasteiger partial charge in [-0.15, -0.1) is 0 Å². The first-order valence-corrected chi connectivity index (χ1v) is 8.74. The molecule has 0 amide bonds. The molecule has 1 aromatic carbocycles. The van der Waals surface area contributed by atoms with E-state index in [0.29, 0.717) is 11.3 Å².